The summed E-state index contributed by atoms with van der Waals surface area (Å²) in [6, 6.07) is 3.35. The zero-order valence-corrected chi connectivity index (χ0v) is 12.3. The second-order valence-corrected chi connectivity index (χ2v) is 5.69. The molecular formula is C15H22N2O3. The van der Waals surface area contributed by atoms with Gasteiger partial charge in [-0.3, -0.25) is 4.79 Å². The van der Waals surface area contributed by atoms with Crippen LogP contribution in [0.25, 0.3) is 0 Å². The predicted molar refractivity (Wildman–Crippen MR) is 75.8 cm³/mol. The molecule has 110 valence electrons. The van der Waals surface area contributed by atoms with E-state index in [4.69, 9.17) is 4.74 Å². The molecule has 1 fully saturated rings. The number of amides is 1. The number of hydrogen-bond acceptors (Lipinski definition) is 4. The smallest absolute Gasteiger partial charge is 0.254 e. The van der Waals surface area contributed by atoms with Crippen LogP contribution in [-0.2, 0) is 0 Å². The third-order valence-corrected chi connectivity index (χ3v) is 3.62. The van der Waals surface area contributed by atoms with Crippen LogP contribution in [0.15, 0.2) is 18.3 Å². The minimum absolute atomic E-state index is 0.0698. The average Bonchev–Trinajstić information content (AvgIpc) is 2.78. The van der Waals surface area contributed by atoms with Crippen molar-refractivity contribution in [3.05, 3.63) is 23.9 Å². The van der Waals surface area contributed by atoms with Gasteiger partial charge in [0.25, 0.3) is 5.91 Å². The standard InChI is InChI=1S/C15H22N2O3/c1-4-11(2)20-13-9-12(5-7-16-13)14(18)17-8-6-15(3,19)10-17/h5,7,9,11,19H,4,6,8,10H2,1-3H3/t11-,15-/m0/s1. The fourth-order valence-electron chi connectivity index (χ4n) is 2.20. The lowest BCUT2D eigenvalue weighted by Crippen LogP contribution is -2.33. The van der Waals surface area contributed by atoms with E-state index >= 15 is 0 Å². The lowest BCUT2D eigenvalue weighted by atomic mass is 10.1. The maximum absolute atomic E-state index is 12.4. The van der Waals surface area contributed by atoms with Gasteiger partial charge in [0.1, 0.15) is 0 Å². The first-order valence-electron chi connectivity index (χ1n) is 7.05. The van der Waals surface area contributed by atoms with Crippen molar-refractivity contribution in [2.75, 3.05) is 13.1 Å². The molecule has 0 spiro atoms. The van der Waals surface area contributed by atoms with E-state index < -0.39 is 5.60 Å². The summed E-state index contributed by atoms with van der Waals surface area (Å²) in [5.41, 5.74) is -0.227. The second kappa shape index (κ2) is 5.79. The Kier molecular flexibility index (Phi) is 4.28. The van der Waals surface area contributed by atoms with Crippen molar-refractivity contribution in [3.63, 3.8) is 0 Å². The lowest BCUT2D eigenvalue weighted by Gasteiger charge is -2.19. The van der Waals surface area contributed by atoms with Crippen LogP contribution in [0.4, 0.5) is 0 Å². The maximum atomic E-state index is 12.4. The Morgan fingerprint density at radius 2 is 2.40 bits per heavy atom. The van der Waals surface area contributed by atoms with E-state index in [0.29, 0.717) is 31.0 Å². The van der Waals surface area contributed by atoms with Crippen molar-refractivity contribution in [3.8, 4) is 5.88 Å². The van der Waals surface area contributed by atoms with Crippen molar-refractivity contribution in [1.82, 2.24) is 9.88 Å². The molecule has 1 amide bonds. The van der Waals surface area contributed by atoms with Crippen LogP contribution in [0, 0.1) is 0 Å². The van der Waals surface area contributed by atoms with Gasteiger partial charge in [0.15, 0.2) is 0 Å². The van der Waals surface area contributed by atoms with Crippen molar-refractivity contribution in [1.29, 1.82) is 0 Å². The number of hydrogen-bond donors (Lipinski definition) is 1. The van der Waals surface area contributed by atoms with Crippen LogP contribution in [-0.4, -0.2) is 45.7 Å². The minimum atomic E-state index is -0.779. The molecule has 5 nitrogen and oxygen atoms in total. The van der Waals surface area contributed by atoms with Crippen LogP contribution in [0.1, 0.15) is 44.0 Å². The van der Waals surface area contributed by atoms with Gasteiger partial charge < -0.3 is 14.7 Å². The average molecular weight is 278 g/mol. The Morgan fingerprint density at radius 3 is 3.00 bits per heavy atom. The molecule has 0 saturated carbocycles. The van der Waals surface area contributed by atoms with E-state index in [2.05, 4.69) is 4.98 Å². The number of ether oxygens (including phenoxy) is 1. The Hall–Kier alpha value is -1.62. The summed E-state index contributed by atoms with van der Waals surface area (Å²) in [5, 5.41) is 9.94. The monoisotopic (exact) mass is 278 g/mol. The first-order chi connectivity index (χ1) is 9.41. The minimum Gasteiger partial charge on any atom is -0.475 e. The molecule has 20 heavy (non-hydrogen) atoms. The summed E-state index contributed by atoms with van der Waals surface area (Å²) in [4.78, 5) is 18.2. The molecule has 0 unspecified atom stereocenters. The number of likely N-dealkylation sites (tertiary alicyclic amines) is 1. The summed E-state index contributed by atoms with van der Waals surface area (Å²) in [6.07, 6.45) is 3.15. The SMILES string of the molecule is CC[C@H](C)Oc1cc(C(=O)N2CC[C@](C)(O)C2)ccn1. The van der Waals surface area contributed by atoms with E-state index in [1.165, 1.54) is 0 Å². The highest BCUT2D eigenvalue weighted by Crippen LogP contribution is 2.23. The van der Waals surface area contributed by atoms with Crippen LogP contribution >= 0.6 is 0 Å². The molecule has 0 aromatic carbocycles. The normalized spacial score (nSPS) is 23.7. The lowest BCUT2D eigenvalue weighted by molar-refractivity contribution is 0.0572. The fourth-order valence-corrected chi connectivity index (χ4v) is 2.20. The highest BCUT2D eigenvalue weighted by atomic mass is 16.5. The number of carbonyl (C=O) groups is 1. The molecule has 0 radical (unpaired) electrons. The molecule has 1 aromatic heterocycles. The van der Waals surface area contributed by atoms with Crippen molar-refractivity contribution >= 4 is 5.91 Å². The Balaban J connectivity index is 2.09. The summed E-state index contributed by atoms with van der Waals surface area (Å²) < 4.78 is 5.63. The summed E-state index contributed by atoms with van der Waals surface area (Å²) in [7, 11) is 0. The van der Waals surface area contributed by atoms with E-state index in [9.17, 15) is 9.90 Å². The highest BCUT2D eigenvalue weighted by molar-refractivity contribution is 5.94. The van der Waals surface area contributed by atoms with E-state index in [-0.39, 0.29) is 12.0 Å². The van der Waals surface area contributed by atoms with Crippen LogP contribution < -0.4 is 4.74 Å². The van der Waals surface area contributed by atoms with Gasteiger partial charge in [-0.2, -0.15) is 0 Å². The Labute approximate surface area is 119 Å². The zero-order valence-electron chi connectivity index (χ0n) is 12.3. The highest BCUT2D eigenvalue weighted by Gasteiger charge is 2.34. The Morgan fingerprint density at radius 1 is 1.65 bits per heavy atom. The molecule has 2 rings (SSSR count). The first-order valence-corrected chi connectivity index (χ1v) is 7.05. The van der Waals surface area contributed by atoms with Gasteiger partial charge in [-0.05, 0) is 32.8 Å². The topological polar surface area (TPSA) is 62.7 Å². The van der Waals surface area contributed by atoms with Gasteiger partial charge in [-0.1, -0.05) is 6.92 Å². The van der Waals surface area contributed by atoms with Gasteiger partial charge in [0.05, 0.1) is 11.7 Å². The number of β-amino-alcohol motifs (C(OH)–C–C–N with tert-alkyl or cyclic N) is 1. The van der Waals surface area contributed by atoms with Crippen LogP contribution in [0.5, 0.6) is 5.88 Å². The molecule has 2 atom stereocenters. The molecule has 1 aromatic rings. The third kappa shape index (κ3) is 3.48. The molecule has 1 aliphatic rings. The van der Waals surface area contributed by atoms with Crippen LogP contribution in [0.3, 0.4) is 0 Å². The fraction of sp³-hybridized carbons (Fsp3) is 0.600. The largest absolute Gasteiger partial charge is 0.475 e. The van der Waals surface area contributed by atoms with E-state index in [0.717, 1.165) is 6.42 Å². The first kappa shape index (κ1) is 14.8. The molecule has 1 saturated heterocycles. The number of rotatable bonds is 4. The van der Waals surface area contributed by atoms with Gasteiger partial charge in [-0.25, -0.2) is 4.98 Å². The quantitative estimate of drug-likeness (QED) is 0.913. The number of aromatic nitrogens is 1. The molecule has 0 aliphatic carbocycles. The third-order valence-electron chi connectivity index (χ3n) is 3.62. The Bertz CT molecular complexity index is 488. The zero-order chi connectivity index (χ0) is 14.8. The number of pyridine rings is 1. The number of carbonyl (C=O) groups excluding carboxylic acids is 1. The van der Waals surface area contributed by atoms with Gasteiger partial charge in [0, 0.05) is 30.9 Å². The molecule has 1 aliphatic heterocycles. The summed E-state index contributed by atoms with van der Waals surface area (Å²) >= 11 is 0. The molecule has 2 heterocycles. The van der Waals surface area contributed by atoms with Gasteiger partial charge in [-0.15, -0.1) is 0 Å². The second-order valence-electron chi connectivity index (χ2n) is 5.69. The van der Waals surface area contributed by atoms with E-state index in [1.807, 2.05) is 13.8 Å². The molecule has 0 bridgehead atoms. The van der Waals surface area contributed by atoms with Crippen molar-refractivity contribution in [2.24, 2.45) is 0 Å². The summed E-state index contributed by atoms with van der Waals surface area (Å²) in [5.74, 6) is 0.385. The molecule has 1 N–H and O–H groups in total. The van der Waals surface area contributed by atoms with Gasteiger partial charge in [0.2, 0.25) is 5.88 Å². The maximum Gasteiger partial charge on any atom is 0.254 e. The molecular weight excluding hydrogens is 256 g/mol. The number of nitrogens with zero attached hydrogens (tertiary/aromatic N) is 2. The predicted octanol–water partition coefficient (Wildman–Crippen LogP) is 1.86. The molecule has 5 heteroatoms. The van der Waals surface area contributed by atoms with E-state index in [1.54, 1.807) is 30.2 Å². The number of aliphatic hydroxyl groups is 1. The van der Waals surface area contributed by atoms with Crippen LogP contribution in [0.2, 0.25) is 0 Å². The van der Waals surface area contributed by atoms with Crippen molar-refractivity contribution in [2.45, 2.75) is 45.3 Å². The van der Waals surface area contributed by atoms with Crippen molar-refractivity contribution < 1.29 is 14.6 Å². The van der Waals surface area contributed by atoms with Gasteiger partial charge >= 0.3 is 0 Å². The summed E-state index contributed by atoms with van der Waals surface area (Å²) in [6.45, 7) is 6.70.